The van der Waals surface area contributed by atoms with Crippen molar-refractivity contribution in [2.45, 2.75) is 45.4 Å². The minimum atomic E-state index is -1.18. The van der Waals surface area contributed by atoms with Crippen LogP contribution in [0.5, 0.6) is 0 Å². The predicted octanol–water partition coefficient (Wildman–Crippen LogP) is 4.04. The Labute approximate surface area is 204 Å². The molecule has 1 aliphatic rings. The molecule has 1 N–H and O–H groups in total. The van der Waals surface area contributed by atoms with E-state index in [0.29, 0.717) is 44.2 Å². The summed E-state index contributed by atoms with van der Waals surface area (Å²) in [5.41, 5.74) is 2.86. The first-order valence-corrected chi connectivity index (χ1v) is 15.4. The fourth-order valence-electron chi connectivity index (χ4n) is 3.92. The van der Waals surface area contributed by atoms with Gasteiger partial charge in [0.15, 0.2) is 0 Å². The standard InChI is InChI=1S/C22H30ClN7O3Si/c1-15-13-28(7-8-29(15)22(31)32)18-6-5-16(11-24-18)19-20-17(12-25-21(23)26-20)30(27-19)14-33-9-10-34(2,3)4/h5-6,11-12,15H,7-10,13-14H2,1-4H3,(H,31,32). The number of hydrogen-bond donors (Lipinski definition) is 1. The van der Waals surface area contributed by atoms with Gasteiger partial charge in [0.2, 0.25) is 5.28 Å². The maximum absolute atomic E-state index is 11.3. The number of hydrogen-bond acceptors (Lipinski definition) is 7. The minimum absolute atomic E-state index is 0.104. The summed E-state index contributed by atoms with van der Waals surface area (Å²) < 4.78 is 7.65. The molecule has 0 bridgehead atoms. The first-order chi connectivity index (χ1) is 16.1. The molecule has 1 saturated heterocycles. The van der Waals surface area contributed by atoms with Crippen molar-refractivity contribution in [1.82, 2.24) is 29.6 Å². The van der Waals surface area contributed by atoms with Gasteiger partial charge in [0, 0.05) is 52.1 Å². The number of pyridine rings is 1. The molecule has 3 aromatic rings. The van der Waals surface area contributed by atoms with Crippen LogP contribution in [0.15, 0.2) is 24.5 Å². The van der Waals surface area contributed by atoms with E-state index < -0.39 is 14.2 Å². The molecule has 1 unspecified atom stereocenters. The van der Waals surface area contributed by atoms with Crippen LogP contribution in [0.25, 0.3) is 22.3 Å². The highest BCUT2D eigenvalue weighted by Gasteiger charge is 2.27. The van der Waals surface area contributed by atoms with Crippen LogP contribution >= 0.6 is 11.6 Å². The van der Waals surface area contributed by atoms with E-state index in [2.05, 4.69) is 39.5 Å². The molecule has 0 aliphatic carbocycles. The lowest BCUT2D eigenvalue weighted by Gasteiger charge is -2.38. The van der Waals surface area contributed by atoms with E-state index in [9.17, 15) is 9.90 Å². The average Bonchev–Trinajstić information content (AvgIpc) is 3.13. The average molecular weight is 504 g/mol. The molecule has 0 saturated carbocycles. The molecule has 34 heavy (non-hydrogen) atoms. The summed E-state index contributed by atoms with van der Waals surface area (Å²) in [6.07, 6.45) is 2.54. The van der Waals surface area contributed by atoms with Crippen LogP contribution in [-0.4, -0.2) is 81.2 Å². The van der Waals surface area contributed by atoms with Crippen LogP contribution in [0.1, 0.15) is 6.92 Å². The minimum Gasteiger partial charge on any atom is -0.465 e. The van der Waals surface area contributed by atoms with E-state index in [4.69, 9.17) is 21.4 Å². The third-order valence-electron chi connectivity index (χ3n) is 5.89. The number of carboxylic acid groups (broad SMARTS) is 1. The topological polar surface area (TPSA) is 110 Å². The number of fused-ring (bicyclic) bond motifs is 1. The number of rotatable bonds is 7. The zero-order valence-electron chi connectivity index (χ0n) is 19.9. The third-order valence-corrected chi connectivity index (χ3v) is 7.78. The van der Waals surface area contributed by atoms with Gasteiger partial charge in [0.1, 0.15) is 29.3 Å². The molecular formula is C22H30ClN7O3Si. The molecule has 1 amide bonds. The van der Waals surface area contributed by atoms with Crippen molar-refractivity contribution in [1.29, 1.82) is 0 Å². The van der Waals surface area contributed by atoms with Crippen LogP contribution in [0.2, 0.25) is 31.0 Å². The van der Waals surface area contributed by atoms with E-state index in [1.807, 2.05) is 19.1 Å². The number of nitrogens with zero attached hydrogens (tertiary/aromatic N) is 7. The summed E-state index contributed by atoms with van der Waals surface area (Å²) in [4.78, 5) is 28.0. The fraction of sp³-hybridized carbons (Fsp3) is 0.500. The second-order valence-electron chi connectivity index (χ2n) is 9.75. The Bertz CT molecular complexity index is 1170. The van der Waals surface area contributed by atoms with Gasteiger partial charge in [0.25, 0.3) is 0 Å². The Kier molecular flexibility index (Phi) is 7.06. The van der Waals surface area contributed by atoms with Gasteiger partial charge < -0.3 is 19.6 Å². The van der Waals surface area contributed by atoms with Crippen molar-refractivity contribution in [3.8, 4) is 11.3 Å². The molecule has 10 nitrogen and oxygen atoms in total. The van der Waals surface area contributed by atoms with E-state index in [1.54, 1.807) is 17.1 Å². The second-order valence-corrected chi connectivity index (χ2v) is 15.7. The van der Waals surface area contributed by atoms with Gasteiger partial charge in [-0.2, -0.15) is 5.10 Å². The van der Waals surface area contributed by atoms with Crippen LogP contribution in [0, 0.1) is 0 Å². The lowest BCUT2D eigenvalue weighted by molar-refractivity contribution is 0.0818. The zero-order chi connectivity index (χ0) is 24.5. The largest absolute Gasteiger partial charge is 0.465 e. The molecule has 182 valence electrons. The molecule has 1 aliphatic heterocycles. The van der Waals surface area contributed by atoms with Gasteiger partial charge >= 0.3 is 6.09 Å². The maximum atomic E-state index is 11.3. The Hall–Kier alpha value is -2.76. The molecule has 0 spiro atoms. The molecular weight excluding hydrogens is 474 g/mol. The SMILES string of the molecule is CC1CN(c2ccc(-c3nn(COCC[Si](C)(C)C)c4cnc(Cl)nc34)cn2)CCN1C(=O)O. The Balaban J connectivity index is 1.54. The molecule has 1 atom stereocenters. The van der Waals surface area contributed by atoms with Crippen molar-refractivity contribution < 1.29 is 14.6 Å². The number of ether oxygens (including phenoxy) is 1. The number of anilines is 1. The zero-order valence-corrected chi connectivity index (χ0v) is 21.7. The smallest absolute Gasteiger partial charge is 0.407 e. The molecule has 1 fully saturated rings. The first-order valence-electron chi connectivity index (χ1n) is 11.3. The van der Waals surface area contributed by atoms with Crippen LogP contribution < -0.4 is 4.90 Å². The molecule has 12 heteroatoms. The van der Waals surface area contributed by atoms with Crippen molar-refractivity contribution in [2.75, 3.05) is 31.1 Å². The lowest BCUT2D eigenvalue weighted by Crippen LogP contribution is -2.53. The monoisotopic (exact) mass is 503 g/mol. The van der Waals surface area contributed by atoms with Gasteiger partial charge in [-0.05, 0) is 36.7 Å². The summed E-state index contributed by atoms with van der Waals surface area (Å²) in [5, 5.41) is 14.2. The second kappa shape index (κ2) is 9.85. The van der Waals surface area contributed by atoms with Crippen molar-refractivity contribution in [3.05, 3.63) is 29.8 Å². The number of carbonyl (C=O) groups is 1. The number of piperazine rings is 1. The fourth-order valence-corrected chi connectivity index (χ4v) is 4.81. The van der Waals surface area contributed by atoms with Gasteiger partial charge in [-0.15, -0.1) is 0 Å². The van der Waals surface area contributed by atoms with Crippen molar-refractivity contribution in [3.63, 3.8) is 0 Å². The molecule has 3 aromatic heterocycles. The highest BCUT2D eigenvalue weighted by molar-refractivity contribution is 6.76. The third kappa shape index (κ3) is 5.48. The Morgan fingerprint density at radius 1 is 1.24 bits per heavy atom. The quantitative estimate of drug-likeness (QED) is 0.292. The summed E-state index contributed by atoms with van der Waals surface area (Å²) in [7, 11) is -1.18. The van der Waals surface area contributed by atoms with E-state index >= 15 is 0 Å². The number of amides is 1. The first kappa shape index (κ1) is 24.4. The lowest BCUT2D eigenvalue weighted by atomic mass is 10.1. The van der Waals surface area contributed by atoms with E-state index in [0.717, 1.165) is 22.9 Å². The Morgan fingerprint density at radius 2 is 2.03 bits per heavy atom. The highest BCUT2D eigenvalue weighted by atomic mass is 35.5. The van der Waals surface area contributed by atoms with Gasteiger partial charge in [-0.3, -0.25) is 0 Å². The van der Waals surface area contributed by atoms with Gasteiger partial charge in [-0.25, -0.2) is 24.4 Å². The molecule has 4 rings (SSSR count). The Morgan fingerprint density at radius 3 is 2.68 bits per heavy atom. The maximum Gasteiger partial charge on any atom is 0.407 e. The summed E-state index contributed by atoms with van der Waals surface area (Å²) in [5.74, 6) is 0.798. The van der Waals surface area contributed by atoms with E-state index in [-0.39, 0.29) is 11.3 Å². The van der Waals surface area contributed by atoms with Gasteiger partial charge in [-0.1, -0.05) is 19.6 Å². The summed E-state index contributed by atoms with van der Waals surface area (Å²) in [6, 6.07) is 4.85. The molecule has 0 radical (unpaired) electrons. The molecule has 4 heterocycles. The summed E-state index contributed by atoms with van der Waals surface area (Å²) >= 11 is 6.08. The van der Waals surface area contributed by atoms with E-state index in [1.165, 1.54) is 4.90 Å². The summed E-state index contributed by atoms with van der Waals surface area (Å²) in [6.45, 7) is 11.5. The number of halogens is 1. The van der Waals surface area contributed by atoms with Crippen molar-refractivity contribution >= 4 is 42.6 Å². The van der Waals surface area contributed by atoms with Crippen LogP contribution in [0.4, 0.5) is 10.6 Å². The van der Waals surface area contributed by atoms with Crippen LogP contribution in [0.3, 0.4) is 0 Å². The normalized spacial score (nSPS) is 16.9. The van der Waals surface area contributed by atoms with Gasteiger partial charge in [0.05, 0.1) is 6.20 Å². The van der Waals surface area contributed by atoms with Crippen LogP contribution in [-0.2, 0) is 11.5 Å². The molecule has 0 aromatic carbocycles. The van der Waals surface area contributed by atoms with Crippen molar-refractivity contribution in [2.24, 2.45) is 0 Å². The highest BCUT2D eigenvalue weighted by Crippen LogP contribution is 2.28. The predicted molar refractivity (Wildman–Crippen MR) is 134 cm³/mol. The number of aromatic nitrogens is 5.